The lowest BCUT2D eigenvalue weighted by atomic mass is 10.3. The molecule has 2 aromatic heterocycles. The molecule has 0 radical (unpaired) electrons. The number of thiazole rings is 1. The standard InChI is InChI=1S/C11H13N5O2S/c1-12-11-14-7(6-19-11)4-5-13-10(18)8-2-3-9(17)16-15-8/h2-3,6H,4-5H2,1H3,(H,12,14)(H,13,18)(H,16,17). The van der Waals surface area contributed by atoms with Crippen LogP contribution in [0.3, 0.4) is 0 Å². The Labute approximate surface area is 113 Å². The van der Waals surface area contributed by atoms with Crippen molar-refractivity contribution in [3.63, 3.8) is 0 Å². The molecular formula is C11H13N5O2S. The van der Waals surface area contributed by atoms with Crippen LogP contribution in [-0.4, -0.2) is 34.7 Å². The van der Waals surface area contributed by atoms with Gasteiger partial charge in [0.25, 0.3) is 11.5 Å². The van der Waals surface area contributed by atoms with E-state index in [0.717, 1.165) is 10.8 Å². The summed E-state index contributed by atoms with van der Waals surface area (Å²) in [7, 11) is 1.81. The Morgan fingerprint density at radius 1 is 1.47 bits per heavy atom. The number of nitrogens with one attached hydrogen (secondary N) is 3. The van der Waals surface area contributed by atoms with Crippen LogP contribution in [0.4, 0.5) is 5.13 Å². The van der Waals surface area contributed by atoms with Crippen LogP contribution < -0.4 is 16.2 Å². The highest BCUT2D eigenvalue weighted by molar-refractivity contribution is 7.13. The molecule has 2 rings (SSSR count). The summed E-state index contributed by atoms with van der Waals surface area (Å²) in [5, 5.41) is 14.3. The minimum Gasteiger partial charge on any atom is -0.365 e. The van der Waals surface area contributed by atoms with Crippen molar-refractivity contribution >= 4 is 22.4 Å². The molecule has 0 aromatic carbocycles. The molecule has 3 N–H and O–H groups in total. The molecule has 0 saturated heterocycles. The highest BCUT2D eigenvalue weighted by Crippen LogP contribution is 2.14. The van der Waals surface area contributed by atoms with E-state index in [2.05, 4.69) is 25.8 Å². The molecule has 0 fully saturated rings. The van der Waals surface area contributed by atoms with Gasteiger partial charge < -0.3 is 10.6 Å². The number of carbonyl (C=O) groups is 1. The third kappa shape index (κ3) is 3.62. The van der Waals surface area contributed by atoms with Crippen molar-refractivity contribution in [1.82, 2.24) is 20.5 Å². The molecule has 19 heavy (non-hydrogen) atoms. The Kier molecular flexibility index (Phi) is 4.24. The van der Waals surface area contributed by atoms with Gasteiger partial charge in [0.1, 0.15) is 5.69 Å². The monoisotopic (exact) mass is 279 g/mol. The summed E-state index contributed by atoms with van der Waals surface area (Å²) >= 11 is 1.52. The maximum atomic E-state index is 11.7. The minimum absolute atomic E-state index is 0.189. The summed E-state index contributed by atoms with van der Waals surface area (Å²) in [5.41, 5.74) is 0.775. The second-order valence-electron chi connectivity index (χ2n) is 3.71. The Balaban J connectivity index is 1.83. The lowest BCUT2D eigenvalue weighted by Crippen LogP contribution is -2.27. The van der Waals surface area contributed by atoms with Gasteiger partial charge in [-0.2, -0.15) is 5.10 Å². The summed E-state index contributed by atoms with van der Waals surface area (Å²) < 4.78 is 0. The molecule has 100 valence electrons. The van der Waals surface area contributed by atoms with Crippen molar-refractivity contribution in [2.75, 3.05) is 18.9 Å². The van der Waals surface area contributed by atoms with Crippen LogP contribution in [0.25, 0.3) is 0 Å². The van der Waals surface area contributed by atoms with Gasteiger partial charge in [-0.15, -0.1) is 11.3 Å². The number of carbonyl (C=O) groups excluding carboxylic acids is 1. The van der Waals surface area contributed by atoms with Gasteiger partial charge in [0.15, 0.2) is 5.13 Å². The van der Waals surface area contributed by atoms with Crippen molar-refractivity contribution < 1.29 is 4.79 Å². The molecule has 0 atom stereocenters. The quantitative estimate of drug-likeness (QED) is 0.728. The predicted octanol–water partition coefficient (Wildman–Crippen LogP) is 0.241. The van der Waals surface area contributed by atoms with Crippen LogP contribution in [0.15, 0.2) is 22.3 Å². The molecule has 2 aromatic rings. The first-order chi connectivity index (χ1) is 9.19. The summed E-state index contributed by atoms with van der Waals surface area (Å²) in [6, 6.07) is 2.65. The zero-order valence-electron chi connectivity index (χ0n) is 10.3. The summed E-state index contributed by atoms with van der Waals surface area (Å²) in [6.07, 6.45) is 0.646. The normalized spacial score (nSPS) is 10.2. The Morgan fingerprint density at radius 2 is 2.32 bits per heavy atom. The largest absolute Gasteiger partial charge is 0.365 e. The number of hydrogen-bond acceptors (Lipinski definition) is 6. The molecule has 2 heterocycles. The molecular weight excluding hydrogens is 266 g/mol. The van der Waals surface area contributed by atoms with E-state index in [9.17, 15) is 9.59 Å². The second-order valence-corrected chi connectivity index (χ2v) is 4.56. The predicted molar refractivity (Wildman–Crippen MR) is 72.6 cm³/mol. The first-order valence-electron chi connectivity index (χ1n) is 5.65. The van der Waals surface area contributed by atoms with Crippen molar-refractivity contribution in [3.05, 3.63) is 39.3 Å². The Bertz CT molecular complexity index is 601. The molecule has 0 aliphatic rings. The van der Waals surface area contributed by atoms with Gasteiger partial charge in [0.2, 0.25) is 0 Å². The third-order valence-corrected chi connectivity index (χ3v) is 3.25. The molecule has 0 saturated carbocycles. The van der Waals surface area contributed by atoms with E-state index in [-0.39, 0.29) is 17.2 Å². The van der Waals surface area contributed by atoms with E-state index in [1.54, 1.807) is 0 Å². The van der Waals surface area contributed by atoms with Crippen molar-refractivity contribution in [1.29, 1.82) is 0 Å². The molecule has 0 unspecified atom stereocenters. The maximum Gasteiger partial charge on any atom is 0.271 e. The number of H-pyrrole nitrogens is 1. The van der Waals surface area contributed by atoms with Gasteiger partial charge in [-0.25, -0.2) is 10.1 Å². The van der Waals surface area contributed by atoms with E-state index >= 15 is 0 Å². The average molecular weight is 279 g/mol. The van der Waals surface area contributed by atoms with Crippen molar-refractivity contribution in [2.45, 2.75) is 6.42 Å². The van der Waals surface area contributed by atoms with Crippen LogP contribution in [0, 0.1) is 0 Å². The fraction of sp³-hybridized carbons (Fsp3) is 0.273. The zero-order chi connectivity index (χ0) is 13.7. The maximum absolute atomic E-state index is 11.7. The highest BCUT2D eigenvalue weighted by atomic mass is 32.1. The number of anilines is 1. The van der Waals surface area contributed by atoms with E-state index in [4.69, 9.17) is 0 Å². The van der Waals surface area contributed by atoms with E-state index in [1.165, 1.54) is 23.5 Å². The molecule has 1 amide bonds. The summed E-state index contributed by atoms with van der Waals surface area (Å²) in [6.45, 7) is 0.465. The number of nitrogens with zero attached hydrogens (tertiary/aromatic N) is 2. The number of hydrogen-bond donors (Lipinski definition) is 3. The van der Waals surface area contributed by atoms with Crippen molar-refractivity contribution in [3.8, 4) is 0 Å². The zero-order valence-corrected chi connectivity index (χ0v) is 11.1. The van der Waals surface area contributed by atoms with Crippen LogP contribution in [-0.2, 0) is 6.42 Å². The highest BCUT2D eigenvalue weighted by Gasteiger charge is 2.07. The Hall–Kier alpha value is -2.22. The van der Waals surface area contributed by atoms with Gasteiger partial charge >= 0.3 is 0 Å². The van der Waals surface area contributed by atoms with Crippen LogP contribution in [0.2, 0.25) is 0 Å². The molecule has 7 nitrogen and oxygen atoms in total. The number of aromatic nitrogens is 3. The smallest absolute Gasteiger partial charge is 0.271 e. The first-order valence-corrected chi connectivity index (χ1v) is 6.53. The van der Waals surface area contributed by atoms with Gasteiger partial charge in [-0.05, 0) is 6.07 Å². The molecule has 0 aliphatic heterocycles. The van der Waals surface area contributed by atoms with Gasteiger partial charge in [-0.1, -0.05) is 0 Å². The van der Waals surface area contributed by atoms with E-state index < -0.39 is 0 Å². The van der Waals surface area contributed by atoms with Crippen LogP contribution in [0.5, 0.6) is 0 Å². The third-order valence-electron chi connectivity index (χ3n) is 2.34. The van der Waals surface area contributed by atoms with E-state index in [1.807, 2.05) is 12.4 Å². The van der Waals surface area contributed by atoms with Crippen LogP contribution >= 0.6 is 11.3 Å². The second kappa shape index (κ2) is 6.10. The van der Waals surface area contributed by atoms with Crippen molar-refractivity contribution in [2.24, 2.45) is 0 Å². The molecule has 0 aliphatic carbocycles. The number of amides is 1. The van der Waals surface area contributed by atoms with E-state index in [0.29, 0.717) is 13.0 Å². The molecule has 8 heteroatoms. The van der Waals surface area contributed by atoms with Gasteiger partial charge in [0, 0.05) is 31.5 Å². The lowest BCUT2D eigenvalue weighted by Gasteiger charge is -2.02. The average Bonchev–Trinajstić information content (AvgIpc) is 2.87. The molecule has 0 spiro atoms. The topological polar surface area (TPSA) is 99.8 Å². The van der Waals surface area contributed by atoms with Gasteiger partial charge in [0.05, 0.1) is 5.69 Å². The number of aromatic amines is 1. The first kappa shape index (κ1) is 13.2. The van der Waals surface area contributed by atoms with Gasteiger partial charge in [-0.3, -0.25) is 9.59 Å². The molecule has 0 bridgehead atoms. The Morgan fingerprint density at radius 3 is 2.95 bits per heavy atom. The minimum atomic E-state index is -0.335. The SMILES string of the molecule is CNc1nc(CCNC(=O)c2ccc(=O)[nH]n2)cs1. The summed E-state index contributed by atoms with van der Waals surface area (Å²) in [4.78, 5) is 26.8. The lowest BCUT2D eigenvalue weighted by molar-refractivity contribution is 0.0948. The fourth-order valence-corrected chi connectivity index (χ4v) is 2.11. The van der Waals surface area contributed by atoms with Crippen LogP contribution in [0.1, 0.15) is 16.2 Å². The number of rotatable bonds is 5. The fourth-order valence-electron chi connectivity index (χ4n) is 1.40. The summed E-state index contributed by atoms with van der Waals surface area (Å²) in [5.74, 6) is -0.319.